The van der Waals surface area contributed by atoms with Gasteiger partial charge in [-0.2, -0.15) is 0 Å². The van der Waals surface area contributed by atoms with Crippen LogP contribution in [-0.2, 0) is 0 Å². The van der Waals surface area contributed by atoms with Crippen LogP contribution in [0.1, 0.15) is 10.4 Å². The van der Waals surface area contributed by atoms with Crippen LogP contribution in [0.3, 0.4) is 0 Å². The van der Waals surface area contributed by atoms with E-state index in [0.29, 0.717) is 12.3 Å². The molecule has 6 nitrogen and oxygen atoms in total. The zero-order valence-corrected chi connectivity index (χ0v) is 14.5. The Balaban J connectivity index is 1.38. The van der Waals surface area contributed by atoms with E-state index in [-0.39, 0.29) is 12.1 Å². The lowest BCUT2D eigenvalue weighted by Crippen LogP contribution is -2.33. The molecule has 1 N–H and O–H groups in total. The fraction of sp³-hybridized carbons (Fsp3) is 0.0952. The Bertz CT molecular complexity index is 1180. The molecule has 2 heterocycles. The summed E-state index contributed by atoms with van der Waals surface area (Å²) in [5.41, 5.74) is 0.108. The number of benzene rings is 2. The lowest BCUT2D eigenvalue weighted by molar-refractivity contribution is 0.0945. The van der Waals surface area contributed by atoms with Gasteiger partial charge in [-0.15, -0.1) is 0 Å². The van der Waals surface area contributed by atoms with Crippen molar-refractivity contribution < 1.29 is 9.53 Å². The second-order valence-corrected chi connectivity index (χ2v) is 6.02. The summed E-state index contributed by atoms with van der Waals surface area (Å²) in [7, 11) is 0. The summed E-state index contributed by atoms with van der Waals surface area (Å²) in [6, 6.07) is 19.1. The summed E-state index contributed by atoms with van der Waals surface area (Å²) < 4.78 is 7.03. The molecule has 1 amide bonds. The van der Waals surface area contributed by atoms with E-state index >= 15 is 0 Å². The Hall–Kier alpha value is -3.67. The van der Waals surface area contributed by atoms with Gasteiger partial charge in [0.15, 0.2) is 0 Å². The number of pyridine rings is 1. The fourth-order valence-corrected chi connectivity index (χ4v) is 2.87. The Kier molecular flexibility index (Phi) is 4.53. The van der Waals surface area contributed by atoms with Crippen molar-refractivity contribution >= 4 is 22.3 Å². The third kappa shape index (κ3) is 3.50. The number of fused-ring (bicyclic) bond motifs is 2. The Morgan fingerprint density at radius 2 is 1.85 bits per heavy atom. The third-order valence-electron chi connectivity index (χ3n) is 4.24. The number of nitrogens with zero attached hydrogens (tertiary/aromatic N) is 2. The molecule has 0 aliphatic carbocycles. The van der Waals surface area contributed by atoms with Gasteiger partial charge in [0.2, 0.25) is 0 Å². The van der Waals surface area contributed by atoms with Crippen molar-refractivity contribution in [2.24, 2.45) is 0 Å². The number of hydrogen-bond donors (Lipinski definition) is 1. The van der Waals surface area contributed by atoms with E-state index in [4.69, 9.17) is 4.74 Å². The molecular formula is C21H17N3O3. The topological polar surface area (TPSA) is 72.7 Å². The summed E-state index contributed by atoms with van der Waals surface area (Å²) in [6.45, 7) is 0.578. The highest BCUT2D eigenvalue weighted by molar-refractivity contribution is 5.93. The average Bonchev–Trinajstić information content (AvgIpc) is 2.71. The van der Waals surface area contributed by atoms with Crippen molar-refractivity contribution in [3.8, 4) is 5.75 Å². The van der Waals surface area contributed by atoms with E-state index in [1.165, 1.54) is 10.6 Å². The normalized spacial score (nSPS) is 10.8. The van der Waals surface area contributed by atoms with Crippen LogP contribution in [0.2, 0.25) is 0 Å². The van der Waals surface area contributed by atoms with Crippen LogP contribution in [0.25, 0.3) is 16.4 Å². The predicted octanol–water partition coefficient (Wildman–Crippen LogP) is 2.66. The van der Waals surface area contributed by atoms with Crippen molar-refractivity contribution in [2.45, 2.75) is 0 Å². The molecule has 4 aromatic rings. The van der Waals surface area contributed by atoms with Gasteiger partial charge in [0.25, 0.3) is 11.5 Å². The number of nitrogens with one attached hydrogen (secondary N) is 1. The number of aromatic nitrogens is 2. The molecule has 2 aromatic carbocycles. The Morgan fingerprint density at radius 3 is 2.74 bits per heavy atom. The molecule has 0 atom stereocenters. The van der Waals surface area contributed by atoms with E-state index in [0.717, 1.165) is 16.5 Å². The van der Waals surface area contributed by atoms with Crippen LogP contribution in [-0.4, -0.2) is 28.4 Å². The third-order valence-corrected chi connectivity index (χ3v) is 4.24. The highest BCUT2D eigenvalue weighted by Crippen LogP contribution is 2.20. The zero-order chi connectivity index (χ0) is 18.6. The fourth-order valence-electron chi connectivity index (χ4n) is 2.87. The number of amides is 1. The second kappa shape index (κ2) is 7.29. The van der Waals surface area contributed by atoms with Crippen molar-refractivity contribution in [2.75, 3.05) is 13.2 Å². The number of hydrogen-bond acceptors (Lipinski definition) is 4. The molecule has 0 unspecified atom stereocenters. The molecule has 0 aliphatic rings. The van der Waals surface area contributed by atoms with Crippen molar-refractivity contribution in [1.82, 2.24) is 14.7 Å². The maximum atomic E-state index is 12.4. The number of ether oxygens (including phenoxy) is 1. The van der Waals surface area contributed by atoms with E-state index in [1.807, 2.05) is 42.5 Å². The molecule has 2 aromatic heterocycles. The van der Waals surface area contributed by atoms with E-state index in [9.17, 15) is 9.59 Å². The first-order chi connectivity index (χ1) is 13.2. The molecule has 0 aliphatic heterocycles. The lowest BCUT2D eigenvalue weighted by Gasteiger charge is -2.09. The first-order valence-electron chi connectivity index (χ1n) is 8.58. The van der Waals surface area contributed by atoms with Crippen LogP contribution < -0.4 is 15.6 Å². The molecule has 134 valence electrons. The van der Waals surface area contributed by atoms with Gasteiger partial charge in [0.05, 0.1) is 6.54 Å². The van der Waals surface area contributed by atoms with Gasteiger partial charge in [-0.25, -0.2) is 4.98 Å². The summed E-state index contributed by atoms with van der Waals surface area (Å²) in [4.78, 5) is 28.8. The largest absolute Gasteiger partial charge is 0.492 e. The molecule has 0 saturated carbocycles. The van der Waals surface area contributed by atoms with Gasteiger partial charge in [0.1, 0.15) is 23.6 Å². The molecule has 4 rings (SSSR count). The minimum atomic E-state index is -0.465. The van der Waals surface area contributed by atoms with Crippen LogP contribution >= 0.6 is 0 Å². The minimum absolute atomic E-state index is 0.00408. The number of rotatable bonds is 5. The van der Waals surface area contributed by atoms with Crippen LogP contribution in [0.4, 0.5) is 0 Å². The molecule has 0 saturated heterocycles. The number of carbonyl (C=O) groups excluding carboxylic acids is 1. The molecule has 0 fully saturated rings. The predicted molar refractivity (Wildman–Crippen MR) is 103 cm³/mol. The highest BCUT2D eigenvalue weighted by atomic mass is 16.5. The Morgan fingerprint density at radius 1 is 1.04 bits per heavy atom. The monoisotopic (exact) mass is 359 g/mol. The summed E-state index contributed by atoms with van der Waals surface area (Å²) in [6.07, 6.45) is 2.89. The molecule has 27 heavy (non-hydrogen) atoms. The van der Waals surface area contributed by atoms with E-state index in [1.54, 1.807) is 24.4 Å². The second-order valence-electron chi connectivity index (χ2n) is 6.02. The average molecular weight is 359 g/mol. The molecule has 0 bridgehead atoms. The quantitative estimate of drug-likeness (QED) is 0.556. The van der Waals surface area contributed by atoms with Gasteiger partial charge in [-0.05, 0) is 35.0 Å². The summed E-state index contributed by atoms with van der Waals surface area (Å²) in [5, 5.41) is 4.93. The maximum Gasteiger partial charge on any atom is 0.270 e. The molecule has 0 spiro atoms. The first kappa shape index (κ1) is 16.8. The van der Waals surface area contributed by atoms with Crippen LogP contribution in [0.15, 0.2) is 77.9 Å². The van der Waals surface area contributed by atoms with Gasteiger partial charge in [-0.3, -0.25) is 14.0 Å². The summed E-state index contributed by atoms with van der Waals surface area (Å²) >= 11 is 0. The molecule has 6 heteroatoms. The van der Waals surface area contributed by atoms with Gasteiger partial charge in [0, 0.05) is 12.4 Å². The smallest absolute Gasteiger partial charge is 0.270 e. The highest BCUT2D eigenvalue weighted by Gasteiger charge is 2.12. The van der Waals surface area contributed by atoms with Gasteiger partial charge in [-0.1, -0.05) is 36.4 Å². The number of carbonyl (C=O) groups is 1. The molecule has 0 radical (unpaired) electrons. The SMILES string of the molecule is O=C(NCCOc1ccc2ccccc2c1)c1cnc2ccccn2c1=O. The van der Waals surface area contributed by atoms with Gasteiger partial charge >= 0.3 is 0 Å². The first-order valence-corrected chi connectivity index (χ1v) is 8.58. The Labute approximate surface area is 155 Å². The van der Waals surface area contributed by atoms with Crippen molar-refractivity contribution in [3.63, 3.8) is 0 Å². The maximum absolute atomic E-state index is 12.4. The van der Waals surface area contributed by atoms with Gasteiger partial charge < -0.3 is 10.1 Å². The van der Waals surface area contributed by atoms with Crippen molar-refractivity contribution in [3.05, 3.63) is 89.0 Å². The van der Waals surface area contributed by atoms with E-state index < -0.39 is 11.5 Å². The molecular weight excluding hydrogens is 342 g/mol. The van der Waals surface area contributed by atoms with Crippen LogP contribution in [0.5, 0.6) is 5.75 Å². The van der Waals surface area contributed by atoms with E-state index in [2.05, 4.69) is 10.3 Å². The summed E-state index contributed by atoms with van der Waals surface area (Å²) in [5.74, 6) is 0.267. The minimum Gasteiger partial charge on any atom is -0.492 e. The standard InChI is InChI=1S/C21H17N3O3/c25-20(18-14-23-19-7-3-4-11-24(19)21(18)26)22-10-12-27-17-9-8-15-5-1-2-6-16(15)13-17/h1-9,11,13-14H,10,12H2,(H,22,25). The lowest BCUT2D eigenvalue weighted by atomic mass is 10.1. The van der Waals surface area contributed by atoms with Crippen LogP contribution in [0, 0.1) is 0 Å². The van der Waals surface area contributed by atoms with Crippen molar-refractivity contribution in [1.29, 1.82) is 0 Å². The zero-order valence-electron chi connectivity index (χ0n) is 14.5.